The topological polar surface area (TPSA) is 56.0 Å². The Balaban J connectivity index is 1.56. The van der Waals surface area contributed by atoms with Crippen molar-refractivity contribution in [1.82, 2.24) is 19.6 Å². The molecule has 158 valence electrons. The first-order valence-corrected chi connectivity index (χ1v) is 11.5. The molecule has 0 aromatic rings. The summed E-state index contributed by atoms with van der Waals surface area (Å²) in [5.74, 6) is 0. The Hall–Kier alpha value is -1.54. The zero-order valence-electron chi connectivity index (χ0n) is 17.7. The molecule has 4 aliphatic heterocycles. The zero-order valence-corrected chi connectivity index (χ0v) is 17.7. The monoisotopic (exact) mass is 394 g/mol. The molecule has 0 saturated carbocycles. The van der Waals surface area contributed by atoms with E-state index in [1.165, 1.54) is 48.3 Å². The van der Waals surface area contributed by atoms with E-state index >= 15 is 0 Å². The van der Waals surface area contributed by atoms with Crippen LogP contribution in [0.15, 0.2) is 0 Å². The maximum atomic E-state index is 13.3. The summed E-state index contributed by atoms with van der Waals surface area (Å²) in [5, 5.41) is 0. The number of carbonyl (C=O) groups excluding carboxylic acids is 2. The number of quaternary nitrogens is 2. The smallest absolute Gasteiger partial charge is 0.318 e. The lowest BCUT2D eigenvalue weighted by Gasteiger charge is -2.33. The lowest BCUT2D eigenvalue weighted by atomic mass is 10.1. The van der Waals surface area contributed by atoms with E-state index in [0.717, 1.165) is 39.5 Å². The molecule has 8 nitrogen and oxygen atoms in total. The molecule has 0 spiro atoms. The highest BCUT2D eigenvalue weighted by atomic mass is 16.2. The molecule has 0 radical (unpaired) electrons. The SMILES string of the molecule is CCN1C(=O)N(C[NH+]2CCCCC2)[C@@H]2[C@H]1N(C[NH+]1CCCCC1)C(=O)N2CC. The van der Waals surface area contributed by atoms with Gasteiger partial charge in [0.25, 0.3) is 0 Å². The Kier molecular flexibility index (Phi) is 5.96. The number of likely N-dealkylation sites (tertiary alicyclic amines) is 2. The Labute approximate surface area is 169 Å². The molecular weight excluding hydrogens is 356 g/mol. The average Bonchev–Trinajstić information content (AvgIpc) is 3.14. The first-order chi connectivity index (χ1) is 13.7. The van der Waals surface area contributed by atoms with Crippen LogP contribution in [-0.4, -0.2) is 96.6 Å². The van der Waals surface area contributed by atoms with Gasteiger partial charge in [-0.3, -0.25) is 19.6 Å². The van der Waals surface area contributed by atoms with Crippen molar-refractivity contribution in [1.29, 1.82) is 0 Å². The summed E-state index contributed by atoms with van der Waals surface area (Å²) < 4.78 is 0. The number of nitrogens with zero attached hydrogens (tertiary/aromatic N) is 4. The van der Waals surface area contributed by atoms with Crippen LogP contribution in [0.2, 0.25) is 0 Å². The molecule has 0 aromatic carbocycles. The fraction of sp³-hybridized carbons (Fsp3) is 0.900. The van der Waals surface area contributed by atoms with Crippen LogP contribution < -0.4 is 9.80 Å². The van der Waals surface area contributed by atoms with E-state index in [0.29, 0.717) is 13.1 Å². The zero-order chi connectivity index (χ0) is 19.7. The average molecular weight is 395 g/mol. The summed E-state index contributed by atoms with van der Waals surface area (Å²) in [5.41, 5.74) is 0. The predicted octanol–water partition coefficient (Wildman–Crippen LogP) is -0.794. The van der Waals surface area contributed by atoms with Crippen LogP contribution in [0, 0.1) is 0 Å². The molecule has 0 bridgehead atoms. The lowest BCUT2D eigenvalue weighted by molar-refractivity contribution is -0.914. The van der Waals surface area contributed by atoms with Gasteiger partial charge in [-0.2, -0.15) is 0 Å². The van der Waals surface area contributed by atoms with Gasteiger partial charge in [0.1, 0.15) is 0 Å². The third-order valence-electron chi connectivity index (χ3n) is 7.12. The Morgan fingerprint density at radius 1 is 0.643 bits per heavy atom. The number of rotatable bonds is 6. The first-order valence-electron chi connectivity index (χ1n) is 11.5. The molecule has 4 rings (SSSR count). The van der Waals surface area contributed by atoms with Crippen molar-refractivity contribution in [3.63, 3.8) is 0 Å². The number of amides is 4. The van der Waals surface area contributed by atoms with Crippen LogP contribution in [0.3, 0.4) is 0 Å². The number of fused-ring (bicyclic) bond motifs is 1. The van der Waals surface area contributed by atoms with Crippen LogP contribution in [0.1, 0.15) is 52.4 Å². The third kappa shape index (κ3) is 3.45. The summed E-state index contributed by atoms with van der Waals surface area (Å²) in [6.45, 7) is 11.4. The highest BCUT2D eigenvalue weighted by molar-refractivity contribution is 5.85. The van der Waals surface area contributed by atoms with Crippen molar-refractivity contribution < 1.29 is 19.4 Å². The minimum atomic E-state index is -0.136. The van der Waals surface area contributed by atoms with Crippen molar-refractivity contribution in [2.75, 3.05) is 52.6 Å². The van der Waals surface area contributed by atoms with Crippen molar-refractivity contribution in [3.8, 4) is 0 Å². The molecule has 2 atom stereocenters. The van der Waals surface area contributed by atoms with Crippen LogP contribution in [0.5, 0.6) is 0 Å². The lowest BCUT2D eigenvalue weighted by Crippen LogP contribution is -3.14. The predicted molar refractivity (Wildman–Crippen MR) is 106 cm³/mol. The normalized spacial score (nSPS) is 29.9. The van der Waals surface area contributed by atoms with E-state index in [1.54, 1.807) is 0 Å². The van der Waals surface area contributed by atoms with Gasteiger partial charge >= 0.3 is 12.1 Å². The fourth-order valence-corrected chi connectivity index (χ4v) is 5.63. The van der Waals surface area contributed by atoms with E-state index < -0.39 is 0 Å². The van der Waals surface area contributed by atoms with E-state index in [4.69, 9.17) is 0 Å². The van der Waals surface area contributed by atoms with Gasteiger partial charge in [0.15, 0.2) is 25.7 Å². The van der Waals surface area contributed by atoms with Gasteiger partial charge < -0.3 is 9.80 Å². The summed E-state index contributed by atoms with van der Waals surface area (Å²) in [7, 11) is 0. The summed E-state index contributed by atoms with van der Waals surface area (Å²) in [6, 6.07) is 0.223. The van der Waals surface area contributed by atoms with Crippen molar-refractivity contribution in [3.05, 3.63) is 0 Å². The van der Waals surface area contributed by atoms with Crippen LogP contribution in [0.25, 0.3) is 0 Å². The molecular formula is C20H38N6O2+2. The number of carbonyl (C=O) groups is 2. The van der Waals surface area contributed by atoms with Gasteiger partial charge in [0.05, 0.1) is 26.2 Å². The van der Waals surface area contributed by atoms with Crippen molar-refractivity contribution >= 4 is 12.1 Å². The molecule has 28 heavy (non-hydrogen) atoms. The molecule has 4 saturated heterocycles. The van der Waals surface area contributed by atoms with Crippen molar-refractivity contribution in [2.45, 2.75) is 64.7 Å². The van der Waals surface area contributed by atoms with E-state index in [-0.39, 0.29) is 24.4 Å². The molecule has 4 fully saturated rings. The largest absolute Gasteiger partial charge is 0.327 e. The van der Waals surface area contributed by atoms with Gasteiger partial charge in [0.2, 0.25) is 0 Å². The minimum Gasteiger partial charge on any atom is -0.318 e. The highest BCUT2D eigenvalue weighted by Gasteiger charge is 2.59. The summed E-state index contributed by atoms with van der Waals surface area (Å²) >= 11 is 0. The molecule has 0 aromatic heterocycles. The summed E-state index contributed by atoms with van der Waals surface area (Å²) in [6.07, 6.45) is 7.29. The second-order valence-corrected chi connectivity index (χ2v) is 8.84. The van der Waals surface area contributed by atoms with Gasteiger partial charge in [-0.1, -0.05) is 0 Å². The number of piperidine rings is 2. The van der Waals surface area contributed by atoms with E-state index in [9.17, 15) is 9.59 Å². The molecule has 2 N–H and O–H groups in total. The van der Waals surface area contributed by atoms with Crippen LogP contribution in [-0.2, 0) is 0 Å². The van der Waals surface area contributed by atoms with E-state index in [1.807, 2.05) is 33.4 Å². The highest BCUT2D eigenvalue weighted by Crippen LogP contribution is 2.33. The molecule has 4 heterocycles. The second kappa shape index (κ2) is 8.45. The Bertz CT molecular complexity index is 525. The molecule has 0 aliphatic carbocycles. The number of nitrogens with one attached hydrogen (secondary N) is 2. The minimum absolute atomic E-state index is 0.111. The Morgan fingerprint density at radius 3 is 1.32 bits per heavy atom. The van der Waals surface area contributed by atoms with Gasteiger partial charge in [-0.25, -0.2) is 9.59 Å². The number of likely N-dealkylation sites (N-methyl/N-ethyl adjacent to an activating group) is 2. The maximum absolute atomic E-state index is 13.3. The van der Waals surface area contributed by atoms with Gasteiger partial charge in [0, 0.05) is 13.1 Å². The van der Waals surface area contributed by atoms with Crippen molar-refractivity contribution in [2.24, 2.45) is 0 Å². The van der Waals surface area contributed by atoms with Gasteiger partial charge in [-0.15, -0.1) is 0 Å². The number of hydrogen-bond acceptors (Lipinski definition) is 2. The number of urea groups is 2. The molecule has 4 amide bonds. The molecule has 4 aliphatic rings. The second-order valence-electron chi connectivity index (χ2n) is 8.84. The quantitative estimate of drug-likeness (QED) is 0.620. The summed E-state index contributed by atoms with van der Waals surface area (Å²) in [4.78, 5) is 37.4. The van der Waals surface area contributed by atoms with Crippen LogP contribution >= 0.6 is 0 Å². The first kappa shape index (κ1) is 19.8. The third-order valence-corrected chi connectivity index (χ3v) is 7.12. The number of hydrogen-bond donors (Lipinski definition) is 2. The van der Waals surface area contributed by atoms with E-state index in [2.05, 4.69) is 0 Å². The molecule has 0 unspecified atom stereocenters. The maximum Gasteiger partial charge on any atom is 0.327 e. The standard InChI is InChI=1S/C20H36N6O2/c1-3-23-17-18(26(19(23)27)16-22-13-9-6-10-14-22)24(4-2)20(28)25(17)15-21-11-7-5-8-12-21/h17-18H,3-16H2,1-2H3/p+2/t17-,18-/m1/s1. The van der Waals surface area contributed by atoms with Crippen LogP contribution in [0.4, 0.5) is 9.59 Å². The Morgan fingerprint density at radius 2 is 1.00 bits per heavy atom. The molecule has 8 heteroatoms. The fourth-order valence-electron chi connectivity index (χ4n) is 5.63. The van der Waals surface area contributed by atoms with Gasteiger partial charge in [-0.05, 0) is 52.4 Å².